The Kier molecular flexibility index (Phi) is 5.32. The molecule has 1 unspecified atom stereocenters. The number of para-hydroxylation sites is 6. The minimum absolute atomic E-state index is 0.786. The number of aromatic nitrogens is 4. The fourth-order valence-corrected chi connectivity index (χ4v) is 12.1. The first-order chi connectivity index (χ1) is 27.7. The Bertz CT molecular complexity index is 4050. The number of hydrogen-bond acceptors (Lipinski definition) is 2. The third-order valence-electron chi connectivity index (χ3n) is 12.4. The van der Waals surface area contributed by atoms with Crippen LogP contribution in [0.25, 0.3) is 115 Å². The van der Waals surface area contributed by atoms with Gasteiger partial charge in [0.25, 0.3) is 0 Å². The SMILES string of the molecule is O=S1c2cc(-c3ccc4c5c3c3ccccc3n5c(=S)c3cccc5c6ccccc6n4c35)cc3c4ccccc4n(c23)-c2cccc3c4ccccc4n1c23. The molecule has 1 aliphatic heterocycles. The maximum absolute atomic E-state index is 15.5. The van der Waals surface area contributed by atoms with Gasteiger partial charge in [0.1, 0.15) is 4.64 Å². The minimum atomic E-state index is -1.56. The van der Waals surface area contributed by atoms with Crippen LogP contribution in [0.1, 0.15) is 0 Å². The molecular weight excluding hydrogens is 725 g/mol. The monoisotopic (exact) mass is 750 g/mol. The molecule has 0 amide bonds. The van der Waals surface area contributed by atoms with E-state index in [1.165, 1.54) is 10.8 Å². The zero-order chi connectivity index (χ0) is 36.6. The van der Waals surface area contributed by atoms with E-state index in [4.69, 9.17) is 12.2 Å². The van der Waals surface area contributed by atoms with Crippen molar-refractivity contribution < 1.29 is 4.21 Å². The van der Waals surface area contributed by atoms with Gasteiger partial charge in [-0.3, -0.25) is 8.37 Å². The molecule has 0 saturated heterocycles. The number of benzene rings is 8. The number of nitrogens with zero attached hydrogens (tertiary/aromatic N) is 4. The van der Waals surface area contributed by atoms with Crippen molar-refractivity contribution in [3.05, 3.63) is 162 Å². The van der Waals surface area contributed by atoms with E-state index in [-0.39, 0.29) is 0 Å². The van der Waals surface area contributed by atoms with Gasteiger partial charge in [0, 0.05) is 48.5 Å². The van der Waals surface area contributed by atoms with E-state index in [1.54, 1.807) is 0 Å². The van der Waals surface area contributed by atoms with Crippen LogP contribution in [0.2, 0.25) is 0 Å². The van der Waals surface area contributed by atoms with Crippen LogP contribution in [0.4, 0.5) is 0 Å². The van der Waals surface area contributed by atoms with Gasteiger partial charge in [0.05, 0.1) is 60.2 Å². The van der Waals surface area contributed by atoms with Crippen LogP contribution < -0.4 is 0 Å². The lowest BCUT2D eigenvalue weighted by Crippen LogP contribution is -2.04. The summed E-state index contributed by atoms with van der Waals surface area (Å²) in [5.74, 6) is 0. The second-order valence-electron chi connectivity index (χ2n) is 15.0. The average molecular weight is 751 g/mol. The third-order valence-corrected chi connectivity index (χ3v) is 14.2. The van der Waals surface area contributed by atoms with Crippen LogP contribution in [0.3, 0.4) is 0 Å². The van der Waals surface area contributed by atoms with E-state index in [2.05, 4.69) is 169 Å². The van der Waals surface area contributed by atoms with Crippen LogP contribution in [-0.2, 0) is 11.0 Å². The predicted molar refractivity (Wildman–Crippen MR) is 235 cm³/mol. The van der Waals surface area contributed by atoms with Gasteiger partial charge in [-0.15, -0.1) is 0 Å². The van der Waals surface area contributed by atoms with Crippen molar-refractivity contribution in [3.63, 3.8) is 0 Å². The highest BCUT2D eigenvalue weighted by Gasteiger charge is 2.30. The quantitative estimate of drug-likeness (QED) is 0.157. The Hall–Kier alpha value is -6.80. The first-order valence-electron chi connectivity index (χ1n) is 18.8. The van der Waals surface area contributed by atoms with Crippen molar-refractivity contribution >= 4 is 121 Å². The Morgan fingerprint density at radius 3 is 1.80 bits per heavy atom. The molecular formula is C49H26N4OS2. The highest BCUT2D eigenvalue weighted by atomic mass is 32.2. The van der Waals surface area contributed by atoms with E-state index in [0.29, 0.717) is 0 Å². The molecule has 0 fully saturated rings. The summed E-state index contributed by atoms with van der Waals surface area (Å²) >= 11 is 6.51. The highest BCUT2D eigenvalue weighted by molar-refractivity contribution is 7.84. The summed E-state index contributed by atoms with van der Waals surface area (Å²) in [6.45, 7) is 0. The van der Waals surface area contributed by atoms with Gasteiger partial charge in [0.15, 0.2) is 11.0 Å². The Morgan fingerprint density at radius 1 is 0.429 bits per heavy atom. The van der Waals surface area contributed by atoms with Crippen molar-refractivity contribution in [2.75, 3.05) is 0 Å². The molecule has 8 aromatic carbocycles. The van der Waals surface area contributed by atoms with Crippen molar-refractivity contribution in [1.82, 2.24) is 17.3 Å². The summed E-state index contributed by atoms with van der Waals surface area (Å²) in [5, 5.41) is 10.1. The largest absolute Gasteiger partial charge is 0.306 e. The lowest BCUT2D eigenvalue weighted by atomic mass is 9.97. The van der Waals surface area contributed by atoms with Gasteiger partial charge in [0.2, 0.25) is 0 Å². The number of hydrogen-bond donors (Lipinski definition) is 0. The van der Waals surface area contributed by atoms with Gasteiger partial charge in [-0.2, -0.15) is 0 Å². The van der Waals surface area contributed by atoms with Gasteiger partial charge in [-0.25, -0.2) is 4.21 Å². The lowest BCUT2D eigenvalue weighted by Gasteiger charge is -2.12. The molecule has 56 heavy (non-hydrogen) atoms. The summed E-state index contributed by atoms with van der Waals surface area (Å²) in [7, 11) is -1.56. The van der Waals surface area contributed by atoms with Gasteiger partial charge in [-0.05, 0) is 65.7 Å². The van der Waals surface area contributed by atoms with E-state index in [9.17, 15) is 0 Å². The molecule has 0 bridgehead atoms. The summed E-state index contributed by atoms with van der Waals surface area (Å²) in [6.07, 6.45) is 0. The van der Waals surface area contributed by atoms with Crippen molar-refractivity contribution in [2.45, 2.75) is 4.90 Å². The highest BCUT2D eigenvalue weighted by Crippen LogP contribution is 2.47. The molecule has 5 aromatic heterocycles. The van der Waals surface area contributed by atoms with E-state index in [1.807, 2.05) is 6.07 Å². The Morgan fingerprint density at radius 2 is 1.02 bits per heavy atom. The standard InChI is InChI=1S/C49H26N4OS2/c54-56-43-26-27(25-36-31-13-2-6-19-38(31)51(47(36)43)41-22-10-16-33-30-12-3-8-21-40(30)53(56)46(33)41)28-23-24-42-48-44(28)34-14-4-7-20-39(34)52(48)49(55)35-17-9-15-32-29-11-1-5-18-37(29)50(42)45(32)35/h1-26H. The third kappa shape index (κ3) is 3.32. The zero-order valence-corrected chi connectivity index (χ0v) is 31.2. The zero-order valence-electron chi connectivity index (χ0n) is 29.5. The molecule has 1 atom stereocenters. The van der Waals surface area contributed by atoms with Crippen molar-refractivity contribution in [3.8, 4) is 16.8 Å². The summed E-state index contributed by atoms with van der Waals surface area (Å²) in [4.78, 5) is 0.791. The summed E-state index contributed by atoms with van der Waals surface area (Å²) in [5.41, 5.74) is 12.7. The molecule has 0 aliphatic carbocycles. The van der Waals surface area contributed by atoms with Crippen LogP contribution in [-0.4, -0.2) is 21.5 Å². The lowest BCUT2D eigenvalue weighted by molar-refractivity contribution is 0.680. The number of fused-ring (bicyclic) bond motifs is 14. The molecule has 260 valence electrons. The maximum Gasteiger partial charge on any atom is 0.159 e. The molecule has 0 radical (unpaired) electrons. The smallest absolute Gasteiger partial charge is 0.159 e. The van der Waals surface area contributed by atoms with Crippen molar-refractivity contribution in [1.29, 1.82) is 0 Å². The molecule has 6 heterocycles. The van der Waals surface area contributed by atoms with Crippen LogP contribution in [0.15, 0.2) is 163 Å². The minimum Gasteiger partial charge on any atom is -0.306 e. The molecule has 0 saturated carbocycles. The van der Waals surface area contributed by atoms with Gasteiger partial charge >= 0.3 is 0 Å². The first kappa shape index (κ1) is 29.5. The first-order valence-corrected chi connectivity index (χ1v) is 20.3. The van der Waals surface area contributed by atoms with Crippen molar-refractivity contribution in [2.24, 2.45) is 0 Å². The molecule has 0 spiro atoms. The van der Waals surface area contributed by atoms with Crippen LogP contribution in [0, 0.1) is 4.64 Å². The second kappa shape index (κ2) is 10.1. The molecule has 0 N–H and O–H groups in total. The maximum atomic E-state index is 15.5. The molecule has 1 aliphatic rings. The van der Waals surface area contributed by atoms with Crippen LogP contribution >= 0.6 is 12.2 Å². The van der Waals surface area contributed by atoms with Crippen LogP contribution in [0.5, 0.6) is 0 Å². The molecule has 7 heteroatoms. The molecule has 13 aromatic rings. The summed E-state index contributed by atoms with van der Waals surface area (Å²) < 4.78 is 25.4. The molecule has 5 nitrogen and oxygen atoms in total. The Balaban J connectivity index is 1.19. The van der Waals surface area contributed by atoms with Gasteiger partial charge in [-0.1, -0.05) is 115 Å². The Labute approximate surface area is 325 Å². The van der Waals surface area contributed by atoms with E-state index in [0.717, 1.165) is 114 Å². The topological polar surface area (TPSA) is 35.8 Å². The predicted octanol–water partition coefficient (Wildman–Crippen LogP) is 12.7. The summed E-state index contributed by atoms with van der Waals surface area (Å²) in [6, 6.07) is 56.3. The fourth-order valence-electron chi connectivity index (χ4n) is 10.3. The second-order valence-corrected chi connectivity index (χ2v) is 16.7. The normalized spacial score (nSPS) is 14.4. The van der Waals surface area contributed by atoms with E-state index >= 15 is 4.21 Å². The average Bonchev–Trinajstić information content (AvgIpc) is 3.94. The molecule has 14 rings (SSSR count). The number of rotatable bonds is 1. The fraction of sp³-hybridized carbons (Fsp3) is 0. The van der Waals surface area contributed by atoms with Gasteiger partial charge < -0.3 is 8.97 Å². The van der Waals surface area contributed by atoms with E-state index < -0.39 is 11.0 Å².